The molecule has 7 heteroatoms. The van der Waals surface area contributed by atoms with E-state index >= 15 is 0 Å². The van der Waals surface area contributed by atoms with Gasteiger partial charge in [-0.15, -0.1) is 12.4 Å². The molecule has 0 aliphatic carbocycles. The molecule has 0 unspecified atom stereocenters. The van der Waals surface area contributed by atoms with Crippen LogP contribution in [0.5, 0.6) is 0 Å². The Balaban J connectivity index is 0.00000243. The van der Waals surface area contributed by atoms with E-state index in [9.17, 15) is 4.79 Å². The zero-order chi connectivity index (χ0) is 17.8. The van der Waals surface area contributed by atoms with Crippen molar-refractivity contribution in [3.8, 4) is 11.3 Å². The van der Waals surface area contributed by atoms with Gasteiger partial charge in [0.1, 0.15) is 11.5 Å². The average molecular weight is 413 g/mol. The van der Waals surface area contributed by atoms with Crippen molar-refractivity contribution >= 4 is 41.6 Å². The summed E-state index contributed by atoms with van der Waals surface area (Å²) in [6, 6.07) is 15.8. The Hall–Kier alpha value is -1.98. The molecule has 26 heavy (non-hydrogen) atoms. The highest BCUT2D eigenvalue weighted by Crippen LogP contribution is 2.28. The van der Waals surface area contributed by atoms with Crippen molar-refractivity contribution in [3.05, 3.63) is 81.5 Å². The van der Waals surface area contributed by atoms with Gasteiger partial charge in [-0.1, -0.05) is 35.3 Å². The van der Waals surface area contributed by atoms with Crippen LogP contribution in [0.25, 0.3) is 11.3 Å². The van der Waals surface area contributed by atoms with Crippen LogP contribution in [0.4, 0.5) is 0 Å². The number of hydrogen-bond donors (Lipinski definition) is 2. The summed E-state index contributed by atoms with van der Waals surface area (Å²) in [4.78, 5) is 10.8. The summed E-state index contributed by atoms with van der Waals surface area (Å²) in [5.41, 5.74) is 2.10. The van der Waals surface area contributed by atoms with E-state index in [2.05, 4.69) is 5.32 Å². The molecule has 0 saturated carbocycles. The van der Waals surface area contributed by atoms with Gasteiger partial charge in [0.25, 0.3) is 0 Å². The lowest BCUT2D eigenvalue weighted by Crippen LogP contribution is -2.12. The van der Waals surface area contributed by atoms with Crippen LogP contribution in [-0.2, 0) is 13.1 Å². The number of carboxylic acid groups (broad SMARTS) is 1. The molecule has 0 fully saturated rings. The van der Waals surface area contributed by atoms with E-state index in [0.717, 1.165) is 16.9 Å². The standard InChI is InChI=1S/C19H15Cl2NO3.ClH/c20-15-7-14(8-16(21)9-15)18-6-5-17(25-18)11-22-10-12-1-3-13(4-2-12)19(23)24;/h1-9,22H,10-11H2,(H,23,24);1H. The third-order valence-corrected chi connectivity index (χ3v) is 4.07. The number of aromatic carboxylic acids is 1. The summed E-state index contributed by atoms with van der Waals surface area (Å²) in [6.07, 6.45) is 0. The molecular formula is C19H16Cl3NO3. The summed E-state index contributed by atoms with van der Waals surface area (Å²) >= 11 is 12.0. The minimum atomic E-state index is -0.927. The number of carbonyl (C=O) groups is 1. The molecule has 1 heterocycles. The Morgan fingerprint density at radius 3 is 2.23 bits per heavy atom. The van der Waals surface area contributed by atoms with E-state index in [1.165, 1.54) is 0 Å². The molecule has 0 radical (unpaired) electrons. The molecule has 3 rings (SSSR count). The molecule has 0 amide bonds. The van der Waals surface area contributed by atoms with Crippen LogP contribution in [0.3, 0.4) is 0 Å². The highest BCUT2D eigenvalue weighted by molar-refractivity contribution is 6.35. The maximum atomic E-state index is 10.8. The van der Waals surface area contributed by atoms with Crippen molar-refractivity contribution in [2.45, 2.75) is 13.1 Å². The maximum absolute atomic E-state index is 10.8. The average Bonchev–Trinajstić information content (AvgIpc) is 3.03. The highest BCUT2D eigenvalue weighted by Gasteiger charge is 2.07. The van der Waals surface area contributed by atoms with Gasteiger partial charge in [0.15, 0.2) is 0 Å². The molecule has 0 saturated heterocycles. The van der Waals surface area contributed by atoms with Crippen molar-refractivity contribution in [1.29, 1.82) is 0 Å². The summed E-state index contributed by atoms with van der Waals surface area (Å²) < 4.78 is 5.81. The van der Waals surface area contributed by atoms with Crippen LogP contribution in [0, 0.1) is 0 Å². The van der Waals surface area contributed by atoms with Gasteiger partial charge in [0.05, 0.1) is 12.1 Å². The van der Waals surface area contributed by atoms with Gasteiger partial charge in [-0.3, -0.25) is 0 Å². The van der Waals surface area contributed by atoms with E-state index in [4.69, 9.17) is 32.7 Å². The molecule has 2 N–H and O–H groups in total. The van der Waals surface area contributed by atoms with Gasteiger partial charge >= 0.3 is 5.97 Å². The lowest BCUT2D eigenvalue weighted by atomic mass is 10.1. The molecule has 136 valence electrons. The van der Waals surface area contributed by atoms with Gasteiger partial charge < -0.3 is 14.8 Å². The lowest BCUT2D eigenvalue weighted by Gasteiger charge is -2.04. The molecule has 0 spiro atoms. The lowest BCUT2D eigenvalue weighted by molar-refractivity contribution is 0.0697. The van der Waals surface area contributed by atoms with Crippen molar-refractivity contribution in [1.82, 2.24) is 5.32 Å². The normalized spacial score (nSPS) is 10.4. The first-order valence-corrected chi connectivity index (χ1v) is 8.35. The summed E-state index contributed by atoms with van der Waals surface area (Å²) in [5.74, 6) is 0.559. The SMILES string of the molecule is Cl.O=C(O)c1ccc(CNCc2ccc(-c3cc(Cl)cc(Cl)c3)o2)cc1. The van der Waals surface area contributed by atoms with E-state index in [0.29, 0.717) is 28.9 Å². The van der Waals surface area contributed by atoms with Crippen LogP contribution >= 0.6 is 35.6 Å². The predicted octanol–water partition coefficient (Wildman–Crippen LogP) is 5.66. The van der Waals surface area contributed by atoms with Crippen LogP contribution < -0.4 is 5.32 Å². The molecule has 2 aromatic carbocycles. The second-order valence-corrected chi connectivity index (χ2v) is 6.40. The quantitative estimate of drug-likeness (QED) is 0.548. The first-order valence-electron chi connectivity index (χ1n) is 7.59. The minimum Gasteiger partial charge on any atom is -0.478 e. The Morgan fingerprint density at radius 1 is 0.962 bits per heavy atom. The third kappa shape index (κ3) is 5.26. The fraction of sp³-hybridized carbons (Fsp3) is 0.105. The third-order valence-electron chi connectivity index (χ3n) is 3.64. The Kier molecular flexibility index (Phi) is 7.12. The van der Waals surface area contributed by atoms with E-state index in [1.807, 2.05) is 12.1 Å². The van der Waals surface area contributed by atoms with Crippen LogP contribution in [-0.4, -0.2) is 11.1 Å². The molecule has 4 nitrogen and oxygen atoms in total. The van der Waals surface area contributed by atoms with Crippen molar-refractivity contribution in [2.75, 3.05) is 0 Å². The van der Waals surface area contributed by atoms with Gasteiger partial charge in [-0.05, 0) is 48.0 Å². The topological polar surface area (TPSA) is 62.5 Å². The molecule has 0 aliphatic heterocycles. The Labute approximate surface area is 167 Å². The second kappa shape index (κ2) is 9.10. The molecule has 1 aromatic heterocycles. The number of halogens is 3. The Morgan fingerprint density at radius 2 is 1.62 bits per heavy atom. The first kappa shape index (κ1) is 20.3. The van der Waals surface area contributed by atoms with Crippen molar-refractivity contribution in [2.24, 2.45) is 0 Å². The largest absolute Gasteiger partial charge is 0.478 e. The summed E-state index contributed by atoms with van der Waals surface area (Å²) in [6.45, 7) is 1.16. The fourth-order valence-electron chi connectivity index (χ4n) is 2.42. The minimum absolute atomic E-state index is 0. The maximum Gasteiger partial charge on any atom is 0.335 e. The molecule has 0 bridgehead atoms. The first-order chi connectivity index (χ1) is 12.0. The van der Waals surface area contributed by atoms with Crippen LogP contribution in [0.2, 0.25) is 10.0 Å². The van der Waals surface area contributed by atoms with Gasteiger partial charge in [-0.25, -0.2) is 4.79 Å². The van der Waals surface area contributed by atoms with Crippen LogP contribution in [0.15, 0.2) is 59.0 Å². The number of rotatable bonds is 6. The number of hydrogen-bond acceptors (Lipinski definition) is 3. The van der Waals surface area contributed by atoms with E-state index in [-0.39, 0.29) is 18.0 Å². The second-order valence-electron chi connectivity index (χ2n) is 5.53. The predicted molar refractivity (Wildman–Crippen MR) is 105 cm³/mol. The fourth-order valence-corrected chi connectivity index (χ4v) is 2.95. The molecular weight excluding hydrogens is 397 g/mol. The van der Waals surface area contributed by atoms with Crippen LogP contribution in [0.1, 0.15) is 21.7 Å². The van der Waals surface area contributed by atoms with Gasteiger partial charge in [0, 0.05) is 22.2 Å². The van der Waals surface area contributed by atoms with E-state index < -0.39 is 5.97 Å². The molecule has 0 atom stereocenters. The molecule has 3 aromatic rings. The smallest absolute Gasteiger partial charge is 0.335 e. The monoisotopic (exact) mass is 411 g/mol. The zero-order valence-corrected chi connectivity index (χ0v) is 15.9. The van der Waals surface area contributed by atoms with Crippen molar-refractivity contribution < 1.29 is 14.3 Å². The van der Waals surface area contributed by atoms with E-state index in [1.54, 1.807) is 42.5 Å². The number of benzene rings is 2. The highest BCUT2D eigenvalue weighted by atomic mass is 35.5. The number of nitrogens with one attached hydrogen (secondary N) is 1. The summed E-state index contributed by atoms with van der Waals surface area (Å²) in [5, 5.41) is 13.3. The number of furan rings is 1. The Bertz CT molecular complexity index is 871. The molecule has 0 aliphatic rings. The van der Waals surface area contributed by atoms with Gasteiger partial charge in [0.2, 0.25) is 0 Å². The number of carboxylic acids is 1. The summed E-state index contributed by atoms with van der Waals surface area (Å²) in [7, 11) is 0. The zero-order valence-electron chi connectivity index (χ0n) is 13.5. The van der Waals surface area contributed by atoms with Gasteiger partial charge in [-0.2, -0.15) is 0 Å². The van der Waals surface area contributed by atoms with Crippen molar-refractivity contribution in [3.63, 3.8) is 0 Å².